The number of aromatic nitrogens is 3. The fourth-order valence-corrected chi connectivity index (χ4v) is 2.15. The number of rotatable bonds is 5. The van der Waals surface area contributed by atoms with E-state index in [1.807, 2.05) is 6.92 Å². The Hall–Kier alpha value is -1.75. The SMILES string of the molecule is CCCn1nncc1C(C)(O)Cc1ccccc1F. The van der Waals surface area contributed by atoms with Crippen molar-refractivity contribution in [3.05, 3.63) is 47.5 Å². The Morgan fingerprint density at radius 1 is 1.37 bits per heavy atom. The highest BCUT2D eigenvalue weighted by Gasteiger charge is 2.29. The average Bonchev–Trinajstić information content (AvgIpc) is 2.81. The zero-order chi connectivity index (χ0) is 13.9. The number of aliphatic hydroxyl groups is 1. The fourth-order valence-electron chi connectivity index (χ4n) is 2.15. The van der Waals surface area contributed by atoms with E-state index in [-0.39, 0.29) is 12.2 Å². The van der Waals surface area contributed by atoms with Crippen LogP contribution in [0.4, 0.5) is 4.39 Å². The molecule has 2 aromatic rings. The normalized spacial score (nSPS) is 14.3. The van der Waals surface area contributed by atoms with E-state index in [1.54, 1.807) is 29.8 Å². The molecule has 1 atom stereocenters. The lowest BCUT2D eigenvalue weighted by Crippen LogP contribution is -2.28. The first kappa shape index (κ1) is 13.7. The molecule has 1 N–H and O–H groups in total. The standard InChI is InChI=1S/C14H18FN3O/c1-3-8-18-13(10-16-17-18)14(2,19)9-11-6-4-5-7-12(11)15/h4-7,10,19H,3,8-9H2,1-2H3. The molecule has 0 spiro atoms. The molecule has 0 amide bonds. The first-order chi connectivity index (χ1) is 9.04. The van der Waals surface area contributed by atoms with Crippen molar-refractivity contribution in [3.63, 3.8) is 0 Å². The summed E-state index contributed by atoms with van der Waals surface area (Å²) in [5.41, 5.74) is -0.102. The van der Waals surface area contributed by atoms with Gasteiger partial charge in [-0.2, -0.15) is 0 Å². The van der Waals surface area contributed by atoms with Crippen molar-refractivity contribution in [2.75, 3.05) is 0 Å². The Morgan fingerprint density at radius 2 is 2.11 bits per heavy atom. The maximum absolute atomic E-state index is 13.7. The maximum atomic E-state index is 13.7. The predicted molar refractivity (Wildman–Crippen MR) is 70.0 cm³/mol. The van der Waals surface area contributed by atoms with Crippen LogP contribution in [0.25, 0.3) is 0 Å². The number of hydrogen-bond acceptors (Lipinski definition) is 3. The summed E-state index contributed by atoms with van der Waals surface area (Å²) >= 11 is 0. The van der Waals surface area contributed by atoms with Gasteiger partial charge in [-0.15, -0.1) is 5.10 Å². The van der Waals surface area contributed by atoms with Gasteiger partial charge in [-0.25, -0.2) is 9.07 Å². The van der Waals surface area contributed by atoms with Gasteiger partial charge >= 0.3 is 0 Å². The summed E-state index contributed by atoms with van der Waals surface area (Å²) in [6, 6.07) is 6.47. The lowest BCUT2D eigenvalue weighted by Gasteiger charge is -2.24. The van der Waals surface area contributed by atoms with Crippen molar-refractivity contribution in [1.82, 2.24) is 15.0 Å². The van der Waals surface area contributed by atoms with Crippen LogP contribution in [0.2, 0.25) is 0 Å². The van der Waals surface area contributed by atoms with E-state index in [1.165, 1.54) is 12.3 Å². The summed E-state index contributed by atoms with van der Waals surface area (Å²) in [5.74, 6) is -0.308. The van der Waals surface area contributed by atoms with Crippen LogP contribution in [0.3, 0.4) is 0 Å². The minimum absolute atomic E-state index is 0.191. The molecule has 0 saturated carbocycles. The van der Waals surface area contributed by atoms with Crippen LogP contribution in [0, 0.1) is 5.82 Å². The number of halogens is 1. The predicted octanol–water partition coefficient (Wildman–Crippen LogP) is 2.28. The average molecular weight is 263 g/mol. The highest BCUT2D eigenvalue weighted by Crippen LogP contribution is 2.25. The molecule has 0 aliphatic heterocycles. The highest BCUT2D eigenvalue weighted by atomic mass is 19.1. The molecule has 1 unspecified atom stereocenters. The van der Waals surface area contributed by atoms with Crippen LogP contribution < -0.4 is 0 Å². The zero-order valence-corrected chi connectivity index (χ0v) is 11.2. The molecule has 0 bridgehead atoms. The second-order valence-electron chi connectivity index (χ2n) is 4.88. The first-order valence-electron chi connectivity index (χ1n) is 6.39. The summed E-state index contributed by atoms with van der Waals surface area (Å²) in [6.45, 7) is 4.37. The van der Waals surface area contributed by atoms with Crippen LogP contribution in [-0.2, 0) is 18.6 Å². The number of nitrogens with zero attached hydrogens (tertiary/aromatic N) is 3. The number of hydrogen-bond donors (Lipinski definition) is 1. The van der Waals surface area contributed by atoms with E-state index in [0.29, 0.717) is 17.8 Å². The van der Waals surface area contributed by atoms with Crippen molar-refractivity contribution >= 4 is 0 Å². The van der Waals surface area contributed by atoms with E-state index in [9.17, 15) is 9.50 Å². The summed E-state index contributed by atoms with van der Waals surface area (Å²) in [5, 5.41) is 18.4. The lowest BCUT2D eigenvalue weighted by molar-refractivity contribution is 0.0468. The molecular weight excluding hydrogens is 245 g/mol. The largest absolute Gasteiger partial charge is 0.383 e. The van der Waals surface area contributed by atoms with Gasteiger partial charge < -0.3 is 5.11 Å². The molecule has 0 aliphatic rings. The third-order valence-corrected chi connectivity index (χ3v) is 3.10. The summed E-state index contributed by atoms with van der Waals surface area (Å²) < 4.78 is 15.3. The van der Waals surface area contributed by atoms with Crippen LogP contribution >= 0.6 is 0 Å². The van der Waals surface area contributed by atoms with Gasteiger partial charge in [0.15, 0.2) is 0 Å². The molecule has 2 rings (SSSR count). The molecule has 19 heavy (non-hydrogen) atoms. The van der Waals surface area contributed by atoms with Crippen molar-refractivity contribution in [1.29, 1.82) is 0 Å². The van der Waals surface area contributed by atoms with Crippen molar-refractivity contribution in [2.24, 2.45) is 0 Å². The van der Waals surface area contributed by atoms with E-state index in [2.05, 4.69) is 10.3 Å². The molecule has 0 radical (unpaired) electrons. The zero-order valence-electron chi connectivity index (χ0n) is 11.2. The van der Waals surface area contributed by atoms with E-state index >= 15 is 0 Å². The molecule has 102 valence electrons. The maximum Gasteiger partial charge on any atom is 0.126 e. The van der Waals surface area contributed by atoms with Gasteiger partial charge in [-0.1, -0.05) is 30.3 Å². The van der Waals surface area contributed by atoms with Gasteiger partial charge in [0.1, 0.15) is 11.4 Å². The van der Waals surface area contributed by atoms with Crippen LogP contribution in [0.1, 0.15) is 31.5 Å². The quantitative estimate of drug-likeness (QED) is 0.900. The smallest absolute Gasteiger partial charge is 0.126 e. The number of aryl methyl sites for hydroxylation is 1. The molecule has 1 aromatic carbocycles. The summed E-state index contributed by atoms with van der Waals surface area (Å²) in [7, 11) is 0. The molecule has 0 saturated heterocycles. The van der Waals surface area contributed by atoms with Crippen LogP contribution in [-0.4, -0.2) is 20.1 Å². The monoisotopic (exact) mass is 263 g/mol. The third kappa shape index (κ3) is 2.98. The van der Waals surface area contributed by atoms with E-state index in [4.69, 9.17) is 0 Å². The molecular formula is C14H18FN3O. The van der Waals surface area contributed by atoms with Crippen LogP contribution in [0.15, 0.2) is 30.5 Å². The van der Waals surface area contributed by atoms with Gasteiger partial charge in [0.05, 0.1) is 11.9 Å². The lowest BCUT2D eigenvalue weighted by atomic mass is 9.93. The van der Waals surface area contributed by atoms with Gasteiger partial charge in [0, 0.05) is 13.0 Å². The molecule has 0 aliphatic carbocycles. The number of benzene rings is 1. The van der Waals surface area contributed by atoms with Crippen molar-refractivity contribution < 1.29 is 9.50 Å². The van der Waals surface area contributed by atoms with Gasteiger partial charge in [0.2, 0.25) is 0 Å². The Balaban J connectivity index is 2.27. The molecule has 5 heteroatoms. The highest BCUT2D eigenvalue weighted by molar-refractivity contribution is 5.22. The molecule has 1 aromatic heterocycles. The van der Waals surface area contributed by atoms with E-state index in [0.717, 1.165) is 6.42 Å². The Labute approximate surface area is 111 Å². The van der Waals surface area contributed by atoms with Gasteiger partial charge in [-0.05, 0) is 25.0 Å². The second kappa shape index (κ2) is 5.48. The third-order valence-electron chi connectivity index (χ3n) is 3.10. The second-order valence-corrected chi connectivity index (χ2v) is 4.88. The Bertz CT molecular complexity index is 551. The molecule has 4 nitrogen and oxygen atoms in total. The van der Waals surface area contributed by atoms with Crippen molar-refractivity contribution in [2.45, 2.75) is 38.8 Å². The summed E-state index contributed by atoms with van der Waals surface area (Å²) in [6.07, 6.45) is 2.62. The molecule has 1 heterocycles. The topological polar surface area (TPSA) is 50.9 Å². The minimum Gasteiger partial charge on any atom is -0.383 e. The fraction of sp³-hybridized carbons (Fsp3) is 0.429. The van der Waals surface area contributed by atoms with Gasteiger partial charge in [0.25, 0.3) is 0 Å². The summed E-state index contributed by atoms with van der Waals surface area (Å²) in [4.78, 5) is 0. The van der Waals surface area contributed by atoms with Gasteiger partial charge in [-0.3, -0.25) is 0 Å². The Kier molecular flexibility index (Phi) is 3.95. The minimum atomic E-state index is -1.19. The van der Waals surface area contributed by atoms with Crippen LogP contribution in [0.5, 0.6) is 0 Å². The molecule has 0 fully saturated rings. The Morgan fingerprint density at radius 3 is 2.79 bits per heavy atom. The first-order valence-corrected chi connectivity index (χ1v) is 6.39. The van der Waals surface area contributed by atoms with Crippen molar-refractivity contribution in [3.8, 4) is 0 Å². The van der Waals surface area contributed by atoms with E-state index < -0.39 is 5.60 Å².